The number of benzene rings is 2. The molecule has 0 atom stereocenters. The van der Waals surface area contributed by atoms with E-state index in [4.69, 9.17) is 9.47 Å². The number of aromatic nitrogens is 2. The topological polar surface area (TPSA) is 76.6 Å². The van der Waals surface area contributed by atoms with Crippen LogP contribution < -0.4 is 19.7 Å². The summed E-state index contributed by atoms with van der Waals surface area (Å²) in [6, 6.07) is 16.7. The van der Waals surface area contributed by atoms with Crippen LogP contribution in [0.1, 0.15) is 23.2 Å². The molecule has 4 rings (SSSR count). The molecule has 0 aliphatic carbocycles. The molecule has 1 amide bonds. The number of nitrogens with zero attached hydrogens (tertiary/aromatic N) is 3. The summed E-state index contributed by atoms with van der Waals surface area (Å²) in [5.74, 6) is 1.54. The molecular formula is C23H24N4O3. The Kier molecular flexibility index (Phi) is 5.79. The van der Waals surface area contributed by atoms with Crippen molar-refractivity contribution in [2.75, 3.05) is 37.5 Å². The Labute approximate surface area is 175 Å². The van der Waals surface area contributed by atoms with Crippen LogP contribution in [0, 0.1) is 0 Å². The summed E-state index contributed by atoms with van der Waals surface area (Å²) in [5, 5.41) is 11.7. The lowest BCUT2D eigenvalue weighted by atomic mass is 10.1. The minimum absolute atomic E-state index is 0.279. The highest BCUT2D eigenvalue weighted by molar-refractivity contribution is 6.07. The van der Waals surface area contributed by atoms with E-state index in [-0.39, 0.29) is 5.91 Å². The largest absolute Gasteiger partial charge is 0.493 e. The molecule has 2 heterocycles. The van der Waals surface area contributed by atoms with Gasteiger partial charge < -0.3 is 19.7 Å². The third-order valence-corrected chi connectivity index (χ3v) is 5.14. The molecule has 0 saturated carbocycles. The third kappa shape index (κ3) is 4.05. The Morgan fingerprint density at radius 1 is 0.967 bits per heavy atom. The van der Waals surface area contributed by atoms with Crippen molar-refractivity contribution < 1.29 is 14.3 Å². The van der Waals surface area contributed by atoms with Crippen LogP contribution in [0.15, 0.2) is 54.6 Å². The van der Waals surface area contributed by atoms with Gasteiger partial charge in [-0.25, -0.2) is 0 Å². The average Bonchev–Trinajstić information content (AvgIpc) is 3.33. The van der Waals surface area contributed by atoms with Crippen molar-refractivity contribution in [1.82, 2.24) is 10.2 Å². The number of carbonyl (C=O) groups excluding carboxylic acids is 1. The standard InChI is InChI=1S/C23H24N4O3/c1-29-20-10-6-9-18(22(20)30-2)23(28)24-17-8-5-7-16(15-17)19-11-12-21(26-25-19)27-13-3-4-14-27/h5-12,15H,3-4,13-14H2,1-2H3,(H,24,28). The summed E-state index contributed by atoms with van der Waals surface area (Å²) in [4.78, 5) is 15.1. The second-order valence-electron chi connectivity index (χ2n) is 7.05. The van der Waals surface area contributed by atoms with E-state index in [2.05, 4.69) is 20.4 Å². The first kappa shape index (κ1) is 19.7. The van der Waals surface area contributed by atoms with Crippen molar-refractivity contribution in [1.29, 1.82) is 0 Å². The number of rotatable bonds is 6. The van der Waals surface area contributed by atoms with E-state index >= 15 is 0 Å². The van der Waals surface area contributed by atoms with Gasteiger partial charge in [0, 0.05) is 24.3 Å². The molecule has 2 aromatic carbocycles. The number of carbonyl (C=O) groups is 1. The maximum Gasteiger partial charge on any atom is 0.259 e. The van der Waals surface area contributed by atoms with Crippen molar-refractivity contribution in [2.24, 2.45) is 0 Å². The van der Waals surface area contributed by atoms with E-state index < -0.39 is 0 Å². The fourth-order valence-corrected chi connectivity index (χ4v) is 3.61. The van der Waals surface area contributed by atoms with Crippen molar-refractivity contribution in [3.05, 3.63) is 60.2 Å². The first-order chi connectivity index (χ1) is 14.7. The van der Waals surface area contributed by atoms with Gasteiger partial charge in [0.15, 0.2) is 17.3 Å². The number of hydrogen-bond acceptors (Lipinski definition) is 6. The quantitative estimate of drug-likeness (QED) is 0.669. The maximum atomic E-state index is 12.8. The smallest absolute Gasteiger partial charge is 0.259 e. The van der Waals surface area contributed by atoms with Crippen LogP contribution >= 0.6 is 0 Å². The van der Waals surface area contributed by atoms with E-state index in [1.165, 1.54) is 20.0 Å². The summed E-state index contributed by atoms with van der Waals surface area (Å²) >= 11 is 0. The number of para-hydroxylation sites is 1. The number of nitrogens with one attached hydrogen (secondary N) is 1. The number of ether oxygens (including phenoxy) is 2. The highest BCUT2D eigenvalue weighted by Crippen LogP contribution is 2.31. The van der Waals surface area contributed by atoms with Crippen LogP contribution in [-0.2, 0) is 0 Å². The zero-order valence-electron chi connectivity index (χ0n) is 17.1. The number of hydrogen-bond donors (Lipinski definition) is 1. The van der Waals surface area contributed by atoms with Crippen LogP contribution in [-0.4, -0.2) is 43.4 Å². The number of methoxy groups -OCH3 is 2. The second-order valence-corrected chi connectivity index (χ2v) is 7.05. The molecule has 154 valence electrons. The first-order valence-electron chi connectivity index (χ1n) is 9.91. The molecule has 1 aliphatic heterocycles. The van der Waals surface area contributed by atoms with Gasteiger partial charge in [-0.1, -0.05) is 18.2 Å². The van der Waals surface area contributed by atoms with Crippen LogP contribution in [0.2, 0.25) is 0 Å². The Balaban J connectivity index is 1.53. The lowest BCUT2D eigenvalue weighted by Gasteiger charge is -2.15. The van der Waals surface area contributed by atoms with Gasteiger partial charge >= 0.3 is 0 Å². The minimum Gasteiger partial charge on any atom is -0.493 e. The minimum atomic E-state index is -0.279. The van der Waals surface area contributed by atoms with E-state index in [0.29, 0.717) is 22.7 Å². The third-order valence-electron chi connectivity index (χ3n) is 5.14. The second kappa shape index (κ2) is 8.82. The Hall–Kier alpha value is -3.61. The van der Waals surface area contributed by atoms with Crippen molar-refractivity contribution >= 4 is 17.4 Å². The monoisotopic (exact) mass is 404 g/mol. The van der Waals surface area contributed by atoms with Crippen LogP contribution in [0.3, 0.4) is 0 Å². The molecule has 1 N–H and O–H groups in total. The number of amides is 1. The van der Waals surface area contributed by atoms with Gasteiger partial charge in [0.05, 0.1) is 25.5 Å². The molecule has 1 fully saturated rings. The molecule has 0 radical (unpaired) electrons. The van der Waals surface area contributed by atoms with Gasteiger partial charge in [0.2, 0.25) is 0 Å². The predicted octanol–water partition coefficient (Wildman–Crippen LogP) is 4.01. The Morgan fingerprint density at radius 2 is 1.77 bits per heavy atom. The predicted molar refractivity (Wildman–Crippen MR) is 116 cm³/mol. The van der Waals surface area contributed by atoms with Gasteiger partial charge in [0.25, 0.3) is 5.91 Å². The molecule has 7 nitrogen and oxygen atoms in total. The maximum absolute atomic E-state index is 12.8. The van der Waals surface area contributed by atoms with Gasteiger partial charge in [-0.2, -0.15) is 0 Å². The van der Waals surface area contributed by atoms with Crippen LogP contribution in [0.4, 0.5) is 11.5 Å². The molecule has 0 bridgehead atoms. The summed E-state index contributed by atoms with van der Waals surface area (Å²) in [7, 11) is 3.05. The molecular weight excluding hydrogens is 380 g/mol. The summed E-state index contributed by atoms with van der Waals surface area (Å²) in [5.41, 5.74) is 2.70. The highest BCUT2D eigenvalue weighted by atomic mass is 16.5. The molecule has 1 saturated heterocycles. The van der Waals surface area contributed by atoms with Crippen molar-refractivity contribution in [2.45, 2.75) is 12.8 Å². The average molecular weight is 404 g/mol. The summed E-state index contributed by atoms with van der Waals surface area (Å²) < 4.78 is 10.6. The molecule has 3 aromatic rings. The fourth-order valence-electron chi connectivity index (χ4n) is 3.61. The van der Waals surface area contributed by atoms with Gasteiger partial charge in [0.1, 0.15) is 0 Å². The SMILES string of the molecule is COc1cccc(C(=O)Nc2cccc(-c3ccc(N4CCCC4)nn3)c2)c1OC. The van der Waals surface area contributed by atoms with Crippen LogP contribution in [0.5, 0.6) is 11.5 Å². The van der Waals surface area contributed by atoms with E-state index in [1.54, 1.807) is 25.3 Å². The number of anilines is 2. The molecule has 7 heteroatoms. The Morgan fingerprint density at radius 3 is 2.47 bits per heavy atom. The van der Waals surface area contributed by atoms with Crippen molar-refractivity contribution in [3.63, 3.8) is 0 Å². The molecule has 30 heavy (non-hydrogen) atoms. The normalized spacial score (nSPS) is 13.2. The zero-order valence-corrected chi connectivity index (χ0v) is 17.1. The lowest BCUT2D eigenvalue weighted by molar-refractivity contribution is 0.102. The summed E-state index contributed by atoms with van der Waals surface area (Å²) in [6.07, 6.45) is 2.40. The lowest BCUT2D eigenvalue weighted by Crippen LogP contribution is -2.19. The molecule has 1 aliphatic rings. The molecule has 0 spiro atoms. The van der Waals surface area contributed by atoms with Gasteiger partial charge in [-0.05, 0) is 49.2 Å². The van der Waals surface area contributed by atoms with Gasteiger partial charge in [-0.15, -0.1) is 10.2 Å². The van der Waals surface area contributed by atoms with E-state index in [9.17, 15) is 4.79 Å². The fraction of sp³-hybridized carbons (Fsp3) is 0.261. The van der Waals surface area contributed by atoms with Gasteiger partial charge in [-0.3, -0.25) is 4.79 Å². The van der Waals surface area contributed by atoms with E-state index in [0.717, 1.165) is 30.2 Å². The molecule has 1 aromatic heterocycles. The van der Waals surface area contributed by atoms with Crippen LogP contribution in [0.25, 0.3) is 11.3 Å². The zero-order chi connectivity index (χ0) is 20.9. The summed E-state index contributed by atoms with van der Waals surface area (Å²) in [6.45, 7) is 2.06. The van der Waals surface area contributed by atoms with E-state index in [1.807, 2.05) is 36.4 Å². The highest BCUT2D eigenvalue weighted by Gasteiger charge is 2.17. The Bertz CT molecular complexity index is 1030. The first-order valence-corrected chi connectivity index (χ1v) is 9.91. The van der Waals surface area contributed by atoms with Crippen molar-refractivity contribution in [3.8, 4) is 22.8 Å². The molecule has 0 unspecified atom stereocenters.